The molecule has 3 aliphatic rings. The molecule has 202 valence electrons. The molecule has 3 fully saturated rings. The quantitative estimate of drug-likeness (QED) is 0.336. The maximum Gasteiger partial charge on any atom is 0.0664 e. The number of fused-ring (bicyclic) bond motifs is 1. The number of hydrogen-bond acceptors (Lipinski definition) is 3. The maximum absolute atomic E-state index is 11.2. The molecule has 0 radical (unpaired) electrons. The smallest absolute Gasteiger partial charge is 0.0664 e. The van der Waals surface area contributed by atoms with Gasteiger partial charge in [0.05, 0.1) is 17.8 Å². The second kappa shape index (κ2) is 11.3. The lowest BCUT2D eigenvalue weighted by Gasteiger charge is -2.46. The van der Waals surface area contributed by atoms with E-state index in [0.717, 1.165) is 36.7 Å². The van der Waals surface area contributed by atoms with Crippen molar-refractivity contribution in [2.75, 3.05) is 0 Å². The van der Waals surface area contributed by atoms with Gasteiger partial charge >= 0.3 is 0 Å². The summed E-state index contributed by atoms with van der Waals surface area (Å²) < 4.78 is 0. The highest BCUT2D eigenvalue weighted by molar-refractivity contribution is 5.24. The number of allylic oxidation sites excluding steroid dienone is 2. The minimum absolute atomic E-state index is 0.136. The van der Waals surface area contributed by atoms with Crippen LogP contribution in [0.3, 0.4) is 0 Å². The molecule has 1 aromatic carbocycles. The molecule has 3 nitrogen and oxygen atoms in total. The topological polar surface area (TPSA) is 60.7 Å². The van der Waals surface area contributed by atoms with Crippen molar-refractivity contribution in [3.05, 3.63) is 48.0 Å². The Hall–Kier alpha value is -1.16. The van der Waals surface area contributed by atoms with Crippen molar-refractivity contribution in [3.8, 4) is 0 Å². The largest absolute Gasteiger partial charge is 0.392 e. The van der Waals surface area contributed by atoms with Gasteiger partial charge in [0, 0.05) is 5.92 Å². The lowest BCUT2D eigenvalue weighted by atomic mass is 9.59. The van der Waals surface area contributed by atoms with Gasteiger partial charge in [-0.05, 0) is 98.9 Å². The molecular weight excluding hydrogens is 444 g/mol. The first kappa shape index (κ1) is 27.9. The molecule has 0 aromatic heterocycles. The van der Waals surface area contributed by atoms with E-state index in [-0.39, 0.29) is 17.8 Å². The number of aliphatic hydroxyl groups is 3. The van der Waals surface area contributed by atoms with Crippen molar-refractivity contribution in [2.45, 2.75) is 116 Å². The molecular formula is C33H52O3. The molecule has 10 atom stereocenters. The molecule has 3 aliphatic carbocycles. The highest BCUT2D eigenvalue weighted by Gasteiger charge is 2.52. The molecule has 0 spiro atoms. The molecule has 0 amide bonds. The van der Waals surface area contributed by atoms with Crippen LogP contribution in [0.25, 0.3) is 0 Å². The molecule has 5 unspecified atom stereocenters. The first-order chi connectivity index (χ1) is 17.0. The Morgan fingerprint density at radius 3 is 2.44 bits per heavy atom. The monoisotopic (exact) mass is 496 g/mol. The van der Waals surface area contributed by atoms with E-state index >= 15 is 0 Å². The molecule has 0 saturated heterocycles. The van der Waals surface area contributed by atoms with Gasteiger partial charge in [-0.25, -0.2) is 0 Å². The molecule has 3 heteroatoms. The zero-order valence-corrected chi connectivity index (χ0v) is 23.4. The molecule has 4 rings (SSSR count). The van der Waals surface area contributed by atoms with E-state index in [9.17, 15) is 15.3 Å². The summed E-state index contributed by atoms with van der Waals surface area (Å²) in [7, 11) is 0. The van der Waals surface area contributed by atoms with Gasteiger partial charge in [-0.2, -0.15) is 0 Å². The summed E-state index contributed by atoms with van der Waals surface area (Å²) in [6.45, 7) is 11.0. The van der Waals surface area contributed by atoms with E-state index in [1.807, 2.05) is 44.2 Å². The average molecular weight is 497 g/mol. The second-order valence-corrected chi connectivity index (χ2v) is 13.7. The van der Waals surface area contributed by atoms with Crippen molar-refractivity contribution in [1.29, 1.82) is 0 Å². The number of benzene rings is 1. The summed E-state index contributed by atoms with van der Waals surface area (Å²) in [6, 6.07) is 10.0. The lowest BCUT2D eigenvalue weighted by molar-refractivity contribution is -0.0361. The SMILES string of the molecule is CC1C(/C=C\C2CCC[C@@]3(C)C2CCC3[C@H](C)CCCC(C)(C)O)C[C@@H](O)[C@H](c2ccccc2)[C@@H]1O. The van der Waals surface area contributed by atoms with Gasteiger partial charge < -0.3 is 15.3 Å². The van der Waals surface area contributed by atoms with Gasteiger partial charge in [0.25, 0.3) is 0 Å². The van der Waals surface area contributed by atoms with E-state index in [2.05, 4.69) is 32.9 Å². The first-order valence-electron chi connectivity index (χ1n) is 14.8. The maximum atomic E-state index is 11.2. The Labute approximate surface area is 220 Å². The fraction of sp³-hybridized carbons (Fsp3) is 0.758. The Kier molecular flexibility index (Phi) is 8.74. The molecule has 1 aromatic rings. The summed E-state index contributed by atoms with van der Waals surface area (Å²) in [5, 5.41) is 32.3. The highest BCUT2D eigenvalue weighted by atomic mass is 16.3. The average Bonchev–Trinajstić information content (AvgIpc) is 3.18. The second-order valence-electron chi connectivity index (χ2n) is 13.7. The highest BCUT2D eigenvalue weighted by Crippen LogP contribution is 2.60. The number of rotatable bonds is 8. The fourth-order valence-electron chi connectivity index (χ4n) is 8.59. The zero-order valence-electron chi connectivity index (χ0n) is 23.4. The normalized spacial score (nSPS) is 40.3. The van der Waals surface area contributed by atoms with Crippen LogP contribution in [-0.4, -0.2) is 33.1 Å². The molecule has 3 N–H and O–H groups in total. The minimum atomic E-state index is -0.554. The van der Waals surface area contributed by atoms with Crippen LogP contribution in [0, 0.1) is 40.9 Å². The van der Waals surface area contributed by atoms with E-state index in [4.69, 9.17) is 0 Å². The van der Waals surface area contributed by atoms with Crippen molar-refractivity contribution < 1.29 is 15.3 Å². The number of aliphatic hydroxyl groups excluding tert-OH is 2. The third-order valence-corrected chi connectivity index (χ3v) is 10.7. The van der Waals surface area contributed by atoms with Crippen LogP contribution in [0.4, 0.5) is 0 Å². The van der Waals surface area contributed by atoms with Crippen LogP contribution >= 0.6 is 0 Å². The summed E-state index contributed by atoms with van der Waals surface area (Å²) in [4.78, 5) is 0. The van der Waals surface area contributed by atoms with Crippen LogP contribution in [-0.2, 0) is 0 Å². The Morgan fingerprint density at radius 1 is 1.06 bits per heavy atom. The van der Waals surface area contributed by atoms with Gasteiger partial charge in [0.15, 0.2) is 0 Å². The van der Waals surface area contributed by atoms with E-state index < -0.39 is 17.8 Å². The Bertz CT molecular complexity index is 857. The molecule has 3 saturated carbocycles. The summed E-state index contributed by atoms with van der Waals surface area (Å²) in [5.41, 5.74) is 0.904. The van der Waals surface area contributed by atoms with Gasteiger partial charge in [0.2, 0.25) is 0 Å². The van der Waals surface area contributed by atoms with Crippen LogP contribution in [0.15, 0.2) is 42.5 Å². The summed E-state index contributed by atoms with van der Waals surface area (Å²) in [6.07, 6.45) is 14.4. The lowest BCUT2D eigenvalue weighted by Crippen LogP contribution is -2.43. The first-order valence-corrected chi connectivity index (χ1v) is 14.8. The third-order valence-electron chi connectivity index (χ3n) is 10.7. The van der Waals surface area contributed by atoms with Crippen LogP contribution in [0.1, 0.15) is 104 Å². The third kappa shape index (κ3) is 5.94. The van der Waals surface area contributed by atoms with Crippen molar-refractivity contribution in [2.24, 2.45) is 40.9 Å². The van der Waals surface area contributed by atoms with Gasteiger partial charge in [0.1, 0.15) is 0 Å². The van der Waals surface area contributed by atoms with E-state index in [1.54, 1.807) is 0 Å². The van der Waals surface area contributed by atoms with Crippen molar-refractivity contribution in [3.63, 3.8) is 0 Å². The van der Waals surface area contributed by atoms with Crippen molar-refractivity contribution >= 4 is 0 Å². The van der Waals surface area contributed by atoms with Crippen molar-refractivity contribution in [1.82, 2.24) is 0 Å². The Balaban J connectivity index is 1.40. The predicted octanol–water partition coefficient (Wildman–Crippen LogP) is 7.11. The molecule has 0 bridgehead atoms. The van der Waals surface area contributed by atoms with Gasteiger partial charge in [-0.3, -0.25) is 0 Å². The predicted molar refractivity (Wildman–Crippen MR) is 149 cm³/mol. The Morgan fingerprint density at radius 2 is 1.75 bits per heavy atom. The minimum Gasteiger partial charge on any atom is -0.392 e. The molecule has 36 heavy (non-hydrogen) atoms. The zero-order chi connectivity index (χ0) is 26.1. The van der Waals surface area contributed by atoms with E-state index in [0.29, 0.717) is 17.3 Å². The van der Waals surface area contributed by atoms with E-state index in [1.165, 1.54) is 38.5 Å². The van der Waals surface area contributed by atoms with Crippen LogP contribution in [0.5, 0.6) is 0 Å². The van der Waals surface area contributed by atoms with Crippen LogP contribution in [0.2, 0.25) is 0 Å². The standard InChI is InChI=1S/C33H52O3/c1-22(11-9-19-32(3,4)36)27-17-18-28-24(14-10-20-33(27,28)5)15-16-26-21-29(34)30(31(35)23(26)2)25-12-7-6-8-13-25/h6-8,12-13,15-16,22-24,26-31,34-36H,9-11,14,17-21H2,1-5H3/b16-15-/t22-,23?,24?,26?,27?,28?,29-,30+,31-,33-/m1/s1. The van der Waals surface area contributed by atoms with Gasteiger partial charge in [-0.1, -0.05) is 82.5 Å². The molecule has 0 aliphatic heterocycles. The van der Waals surface area contributed by atoms with Gasteiger partial charge in [-0.15, -0.1) is 0 Å². The van der Waals surface area contributed by atoms with Crippen LogP contribution < -0.4 is 0 Å². The summed E-state index contributed by atoms with van der Waals surface area (Å²) in [5.74, 6) is 3.02. The molecule has 0 heterocycles. The number of hydrogen-bond donors (Lipinski definition) is 3. The fourth-order valence-corrected chi connectivity index (χ4v) is 8.59. The summed E-state index contributed by atoms with van der Waals surface area (Å²) >= 11 is 0.